The third kappa shape index (κ3) is 2.98. The number of thiazole rings is 1. The SMILES string of the molecule is O=C(NC1CN2CCC1CC2)c1cnc(-c2cccc(F)n2)s1. The molecule has 0 saturated carbocycles. The van der Waals surface area contributed by atoms with Gasteiger partial charge >= 0.3 is 0 Å². The van der Waals surface area contributed by atoms with Crippen molar-refractivity contribution in [1.82, 2.24) is 20.2 Å². The van der Waals surface area contributed by atoms with Gasteiger partial charge in [0.2, 0.25) is 5.95 Å². The van der Waals surface area contributed by atoms with E-state index in [-0.39, 0.29) is 11.9 Å². The molecular weight excluding hydrogens is 315 g/mol. The highest BCUT2D eigenvalue weighted by Crippen LogP contribution is 2.28. The fourth-order valence-electron chi connectivity index (χ4n) is 3.39. The highest BCUT2D eigenvalue weighted by Gasteiger charge is 2.35. The summed E-state index contributed by atoms with van der Waals surface area (Å²) in [6.45, 7) is 3.23. The van der Waals surface area contributed by atoms with Gasteiger partial charge < -0.3 is 10.2 Å². The minimum Gasteiger partial charge on any atom is -0.347 e. The number of pyridine rings is 1. The standard InChI is InChI=1S/C16H17FN4OS/c17-14-3-1-2-11(19-14)16-18-8-13(23-16)15(22)20-12-9-21-6-4-10(12)5-7-21/h1-3,8,10,12H,4-7,9H2,(H,20,22). The zero-order valence-corrected chi connectivity index (χ0v) is 13.4. The topological polar surface area (TPSA) is 58.1 Å². The maximum absolute atomic E-state index is 13.2. The molecule has 7 heteroatoms. The van der Waals surface area contributed by atoms with Crippen LogP contribution in [0.4, 0.5) is 4.39 Å². The Hall–Kier alpha value is -1.86. The lowest BCUT2D eigenvalue weighted by molar-refractivity contribution is 0.0622. The van der Waals surface area contributed by atoms with Gasteiger partial charge in [-0.15, -0.1) is 11.3 Å². The smallest absolute Gasteiger partial charge is 0.263 e. The second-order valence-electron chi connectivity index (χ2n) is 6.09. The van der Waals surface area contributed by atoms with Crippen molar-refractivity contribution in [2.75, 3.05) is 19.6 Å². The quantitative estimate of drug-likeness (QED) is 0.875. The van der Waals surface area contributed by atoms with Crippen LogP contribution in [0.15, 0.2) is 24.4 Å². The molecule has 1 N–H and O–H groups in total. The lowest BCUT2D eigenvalue weighted by atomic mass is 9.84. The van der Waals surface area contributed by atoms with Crippen molar-refractivity contribution in [3.63, 3.8) is 0 Å². The molecule has 1 unspecified atom stereocenters. The largest absolute Gasteiger partial charge is 0.347 e. The third-order valence-electron chi connectivity index (χ3n) is 4.64. The molecule has 0 spiro atoms. The van der Waals surface area contributed by atoms with Crippen LogP contribution in [0.3, 0.4) is 0 Å². The molecule has 3 aliphatic heterocycles. The highest BCUT2D eigenvalue weighted by atomic mass is 32.1. The van der Waals surface area contributed by atoms with Crippen molar-refractivity contribution < 1.29 is 9.18 Å². The lowest BCUT2D eigenvalue weighted by Crippen LogP contribution is -2.57. The molecule has 0 aliphatic carbocycles. The van der Waals surface area contributed by atoms with Crippen LogP contribution in [0.25, 0.3) is 10.7 Å². The minimum atomic E-state index is -0.545. The molecule has 5 rings (SSSR count). The van der Waals surface area contributed by atoms with Gasteiger partial charge in [0, 0.05) is 12.6 Å². The number of amides is 1. The molecular formula is C16H17FN4OS. The van der Waals surface area contributed by atoms with Crippen LogP contribution in [0.1, 0.15) is 22.5 Å². The van der Waals surface area contributed by atoms with E-state index in [0.717, 1.165) is 32.5 Å². The Bertz CT molecular complexity index is 726. The van der Waals surface area contributed by atoms with E-state index < -0.39 is 5.95 Å². The van der Waals surface area contributed by atoms with E-state index in [2.05, 4.69) is 20.2 Å². The number of hydrogen-bond donors (Lipinski definition) is 1. The van der Waals surface area contributed by atoms with Crippen LogP contribution in [-0.2, 0) is 0 Å². The predicted molar refractivity (Wildman–Crippen MR) is 85.7 cm³/mol. The second-order valence-corrected chi connectivity index (χ2v) is 7.12. The number of rotatable bonds is 3. The summed E-state index contributed by atoms with van der Waals surface area (Å²) in [7, 11) is 0. The van der Waals surface area contributed by atoms with Gasteiger partial charge in [-0.2, -0.15) is 4.39 Å². The molecule has 1 amide bonds. The molecule has 5 heterocycles. The van der Waals surface area contributed by atoms with Crippen molar-refractivity contribution in [3.05, 3.63) is 35.2 Å². The predicted octanol–water partition coefficient (Wildman–Crippen LogP) is 2.17. The van der Waals surface area contributed by atoms with E-state index in [1.165, 1.54) is 17.4 Å². The van der Waals surface area contributed by atoms with Crippen molar-refractivity contribution in [1.29, 1.82) is 0 Å². The third-order valence-corrected chi connectivity index (χ3v) is 5.65. The molecule has 23 heavy (non-hydrogen) atoms. The van der Waals surface area contributed by atoms with E-state index in [9.17, 15) is 9.18 Å². The van der Waals surface area contributed by atoms with Gasteiger partial charge in [-0.1, -0.05) is 6.07 Å². The first-order valence-corrected chi connectivity index (χ1v) is 8.62. The Morgan fingerprint density at radius 3 is 2.87 bits per heavy atom. The van der Waals surface area contributed by atoms with Crippen molar-refractivity contribution >= 4 is 17.2 Å². The first-order chi connectivity index (χ1) is 11.2. The minimum absolute atomic E-state index is 0.0936. The number of aromatic nitrogens is 2. The number of hydrogen-bond acceptors (Lipinski definition) is 5. The molecule has 1 atom stereocenters. The number of carbonyl (C=O) groups is 1. The highest BCUT2D eigenvalue weighted by molar-refractivity contribution is 7.16. The van der Waals surface area contributed by atoms with Crippen LogP contribution in [0, 0.1) is 11.9 Å². The lowest BCUT2D eigenvalue weighted by Gasteiger charge is -2.44. The van der Waals surface area contributed by atoms with Crippen molar-refractivity contribution in [3.8, 4) is 10.7 Å². The fraction of sp³-hybridized carbons (Fsp3) is 0.438. The Morgan fingerprint density at radius 2 is 2.17 bits per heavy atom. The van der Waals surface area contributed by atoms with Crippen LogP contribution < -0.4 is 5.32 Å². The van der Waals surface area contributed by atoms with E-state index in [1.807, 2.05) is 0 Å². The van der Waals surface area contributed by atoms with Gasteiger partial charge in [0.1, 0.15) is 15.6 Å². The first kappa shape index (κ1) is 14.7. The number of halogens is 1. The van der Waals surface area contributed by atoms with Crippen molar-refractivity contribution in [2.24, 2.45) is 5.92 Å². The van der Waals surface area contributed by atoms with Crippen molar-refractivity contribution in [2.45, 2.75) is 18.9 Å². The summed E-state index contributed by atoms with van der Waals surface area (Å²) in [5.41, 5.74) is 0.455. The Kier molecular flexibility index (Phi) is 3.82. The Labute approximate surface area is 137 Å². The average Bonchev–Trinajstić information content (AvgIpc) is 3.06. The molecule has 120 valence electrons. The van der Waals surface area contributed by atoms with Gasteiger partial charge in [-0.3, -0.25) is 4.79 Å². The first-order valence-electron chi connectivity index (χ1n) is 7.81. The number of fused-ring (bicyclic) bond motifs is 3. The molecule has 2 bridgehead atoms. The normalized spacial score (nSPS) is 26.2. The molecule has 3 saturated heterocycles. The number of nitrogens with zero attached hydrogens (tertiary/aromatic N) is 3. The molecule has 3 fully saturated rings. The summed E-state index contributed by atoms with van der Waals surface area (Å²) in [5, 5.41) is 3.70. The van der Waals surface area contributed by atoms with Gasteiger partial charge in [-0.05, 0) is 44.0 Å². The zero-order chi connectivity index (χ0) is 15.8. The summed E-state index contributed by atoms with van der Waals surface area (Å²) in [4.78, 5) is 23.4. The number of piperidine rings is 3. The fourth-order valence-corrected chi connectivity index (χ4v) is 4.18. The van der Waals surface area contributed by atoms with Gasteiger partial charge in [0.15, 0.2) is 0 Å². The maximum atomic E-state index is 13.2. The number of nitrogens with one attached hydrogen (secondary N) is 1. The maximum Gasteiger partial charge on any atom is 0.263 e. The van der Waals surface area contributed by atoms with E-state index in [0.29, 0.717) is 21.5 Å². The van der Waals surface area contributed by atoms with Crippen LogP contribution >= 0.6 is 11.3 Å². The molecule has 0 radical (unpaired) electrons. The van der Waals surface area contributed by atoms with Crippen LogP contribution in [0.5, 0.6) is 0 Å². The zero-order valence-electron chi connectivity index (χ0n) is 12.5. The van der Waals surface area contributed by atoms with Gasteiger partial charge in [-0.25, -0.2) is 9.97 Å². The summed E-state index contributed by atoms with van der Waals surface area (Å²) >= 11 is 1.25. The number of carbonyl (C=O) groups excluding carboxylic acids is 1. The molecule has 3 aliphatic rings. The molecule has 2 aromatic heterocycles. The van der Waals surface area contributed by atoms with Gasteiger partial charge in [0.05, 0.1) is 6.20 Å². The Balaban J connectivity index is 1.47. The molecule has 0 aromatic carbocycles. The van der Waals surface area contributed by atoms with E-state index >= 15 is 0 Å². The van der Waals surface area contributed by atoms with E-state index in [1.54, 1.807) is 18.3 Å². The summed E-state index contributed by atoms with van der Waals surface area (Å²) in [5.74, 6) is -0.0545. The average molecular weight is 332 g/mol. The van der Waals surface area contributed by atoms with Crippen LogP contribution in [-0.4, -0.2) is 46.5 Å². The van der Waals surface area contributed by atoms with Gasteiger partial charge in [0.25, 0.3) is 5.91 Å². The van der Waals surface area contributed by atoms with E-state index in [4.69, 9.17) is 0 Å². The monoisotopic (exact) mass is 332 g/mol. The van der Waals surface area contributed by atoms with Crippen LogP contribution in [0.2, 0.25) is 0 Å². The Morgan fingerprint density at radius 1 is 1.35 bits per heavy atom. The second kappa shape index (κ2) is 5.98. The molecule has 5 nitrogen and oxygen atoms in total. The summed E-state index contributed by atoms with van der Waals surface area (Å²) < 4.78 is 13.2. The summed E-state index contributed by atoms with van der Waals surface area (Å²) in [6.07, 6.45) is 3.86. The summed E-state index contributed by atoms with van der Waals surface area (Å²) in [6, 6.07) is 4.80. The molecule has 2 aromatic rings.